The predicted molar refractivity (Wildman–Crippen MR) is 196 cm³/mol. The van der Waals surface area contributed by atoms with E-state index in [0.29, 0.717) is 81.2 Å². The number of likely N-dealkylation sites (tertiary alicyclic amines) is 1. The fraction of sp³-hybridized carbons (Fsp3) is 0.600. The zero-order valence-electron chi connectivity index (χ0n) is 30.1. The number of hydrogen-bond acceptors (Lipinski definition) is 9. The molecule has 12 nitrogen and oxygen atoms in total. The Morgan fingerprint density at radius 2 is 1.73 bits per heavy atom. The molecule has 12 heteroatoms. The molecule has 1 saturated heterocycles. The number of nitrogens with zero attached hydrogens (tertiary/aromatic N) is 2. The molecule has 3 fully saturated rings. The van der Waals surface area contributed by atoms with E-state index in [4.69, 9.17) is 19.6 Å². The van der Waals surface area contributed by atoms with E-state index in [0.717, 1.165) is 24.8 Å². The van der Waals surface area contributed by atoms with Gasteiger partial charge in [0.1, 0.15) is 17.6 Å². The summed E-state index contributed by atoms with van der Waals surface area (Å²) in [6.45, 7) is 1.58. The van der Waals surface area contributed by atoms with Crippen molar-refractivity contribution >= 4 is 29.0 Å². The summed E-state index contributed by atoms with van der Waals surface area (Å²) < 4.78 is 17.7. The molecule has 52 heavy (non-hydrogen) atoms. The molecule has 3 aliphatic rings. The Kier molecular flexibility index (Phi) is 13.5. The first-order valence-corrected chi connectivity index (χ1v) is 19.3. The van der Waals surface area contributed by atoms with Crippen LogP contribution in [0.2, 0.25) is 0 Å². The molecular weight excluding hydrogens is 662 g/mol. The highest BCUT2D eigenvalue weighted by atomic mass is 16.5. The van der Waals surface area contributed by atoms with Gasteiger partial charge in [-0.25, -0.2) is 9.78 Å². The Morgan fingerprint density at radius 3 is 2.48 bits per heavy atom. The lowest BCUT2D eigenvalue weighted by Crippen LogP contribution is -2.55. The van der Waals surface area contributed by atoms with E-state index in [-0.39, 0.29) is 24.4 Å². The molecule has 1 aliphatic heterocycles. The van der Waals surface area contributed by atoms with E-state index >= 15 is 0 Å². The minimum atomic E-state index is -1.22. The Morgan fingerprint density at radius 1 is 0.962 bits per heavy atom. The van der Waals surface area contributed by atoms with Crippen LogP contribution in [0.15, 0.2) is 59.0 Å². The quantitative estimate of drug-likeness (QED) is 0.122. The van der Waals surface area contributed by atoms with E-state index in [1.807, 2.05) is 42.5 Å². The first-order chi connectivity index (χ1) is 25.4. The summed E-state index contributed by atoms with van der Waals surface area (Å²) in [7, 11) is 0. The average molecular weight is 718 g/mol. The fourth-order valence-corrected chi connectivity index (χ4v) is 7.47. The van der Waals surface area contributed by atoms with Crippen molar-refractivity contribution in [3.63, 3.8) is 0 Å². The van der Waals surface area contributed by atoms with Gasteiger partial charge >= 0.3 is 6.09 Å². The number of amides is 3. The van der Waals surface area contributed by atoms with Crippen LogP contribution in [0, 0.1) is 11.8 Å². The number of fused-ring (bicyclic) bond motifs is 1. The first-order valence-electron chi connectivity index (χ1n) is 19.3. The van der Waals surface area contributed by atoms with Gasteiger partial charge < -0.3 is 40.3 Å². The van der Waals surface area contributed by atoms with Crippen LogP contribution in [0.3, 0.4) is 0 Å². The number of nitrogens with one attached hydrogen (secondary N) is 2. The van der Waals surface area contributed by atoms with Crippen molar-refractivity contribution in [3.8, 4) is 0 Å². The smallest absolute Gasteiger partial charge is 0.407 e. The number of aryl methyl sites for hydroxylation is 1. The summed E-state index contributed by atoms with van der Waals surface area (Å²) >= 11 is 0. The van der Waals surface area contributed by atoms with Crippen molar-refractivity contribution < 1.29 is 33.4 Å². The summed E-state index contributed by atoms with van der Waals surface area (Å²) in [4.78, 5) is 47.8. The highest BCUT2D eigenvalue weighted by molar-refractivity contribution is 5.92. The number of para-hydroxylation sites is 2. The summed E-state index contributed by atoms with van der Waals surface area (Å²) in [5, 5.41) is 17.4. The molecule has 6 rings (SSSR count). The van der Waals surface area contributed by atoms with Gasteiger partial charge in [0.25, 0.3) is 0 Å². The van der Waals surface area contributed by atoms with E-state index < -0.39 is 36.2 Å². The normalized spacial score (nSPS) is 20.8. The van der Waals surface area contributed by atoms with Gasteiger partial charge in [-0.05, 0) is 81.0 Å². The number of benzene rings is 2. The number of aliphatic hydroxyl groups is 1. The number of unbranched alkanes of at least 4 members (excludes halogenated alkanes) is 1. The van der Waals surface area contributed by atoms with Crippen LogP contribution in [0.4, 0.5) is 4.79 Å². The first kappa shape index (κ1) is 37.7. The maximum atomic E-state index is 14.5. The Labute approximate surface area is 306 Å². The molecular formula is C40H55N5O7. The molecule has 2 heterocycles. The molecule has 0 radical (unpaired) electrons. The van der Waals surface area contributed by atoms with Gasteiger partial charge in [0.15, 0.2) is 11.7 Å². The summed E-state index contributed by atoms with van der Waals surface area (Å²) in [6.07, 6.45) is 8.71. The van der Waals surface area contributed by atoms with Gasteiger partial charge in [0.2, 0.25) is 17.7 Å². The molecule has 2 aromatic carbocycles. The number of ether oxygens (including phenoxy) is 2. The van der Waals surface area contributed by atoms with Crippen molar-refractivity contribution in [2.24, 2.45) is 17.6 Å². The van der Waals surface area contributed by atoms with Crippen LogP contribution in [-0.4, -0.2) is 83.4 Å². The molecule has 0 bridgehead atoms. The highest BCUT2D eigenvalue weighted by Crippen LogP contribution is 2.31. The third kappa shape index (κ3) is 10.5. The van der Waals surface area contributed by atoms with Gasteiger partial charge in [0.05, 0.1) is 18.8 Å². The lowest BCUT2D eigenvalue weighted by Gasteiger charge is -2.30. The van der Waals surface area contributed by atoms with Crippen LogP contribution in [0.1, 0.15) is 94.6 Å². The van der Waals surface area contributed by atoms with Crippen molar-refractivity contribution in [1.29, 1.82) is 0 Å². The number of aliphatic hydroxyl groups excluding tert-OH is 1. The van der Waals surface area contributed by atoms with Gasteiger partial charge in [-0.3, -0.25) is 9.59 Å². The molecule has 5 atom stereocenters. The predicted octanol–water partition coefficient (Wildman–Crippen LogP) is 5.18. The third-order valence-electron chi connectivity index (χ3n) is 10.7. The van der Waals surface area contributed by atoms with Gasteiger partial charge in [-0.2, -0.15) is 0 Å². The van der Waals surface area contributed by atoms with Crippen molar-refractivity contribution in [2.45, 2.75) is 114 Å². The number of oxazole rings is 1. The third-order valence-corrected chi connectivity index (χ3v) is 10.7. The molecule has 0 spiro atoms. The second-order valence-electron chi connectivity index (χ2n) is 14.8. The van der Waals surface area contributed by atoms with Crippen LogP contribution >= 0.6 is 0 Å². The molecule has 3 aromatic rings. The van der Waals surface area contributed by atoms with E-state index in [9.17, 15) is 19.5 Å². The average Bonchev–Trinajstić information content (AvgIpc) is 3.49. The van der Waals surface area contributed by atoms with Crippen molar-refractivity contribution in [3.05, 3.63) is 66.1 Å². The summed E-state index contributed by atoms with van der Waals surface area (Å²) in [5.41, 5.74) is 7.97. The second-order valence-corrected chi connectivity index (χ2v) is 14.8. The number of alkyl carbamates (subject to hydrolysis) is 1. The maximum Gasteiger partial charge on any atom is 0.407 e. The van der Waals surface area contributed by atoms with E-state index in [2.05, 4.69) is 15.6 Å². The molecule has 2 aliphatic carbocycles. The zero-order valence-corrected chi connectivity index (χ0v) is 30.1. The minimum absolute atomic E-state index is 0.113. The number of carbonyl (C=O) groups excluding carboxylic acids is 3. The molecule has 3 amide bonds. The Bertz CT molecular complexity index is 1560. The monoisotopic (exact) mass is 717 g/mol. The topological polar surface area (TPSA) is 169 Å². The summed E-state index contributed by atoms with van der Waals surface area (Å²) in [5.74, 6) is 0.374. The molecule has 5 N–H and O–H groups in total. The summed E-state index contributed by atoms with van der Waals surface area (Å²) in [6, 6.07) is 14.5. The van der Waals surface area contributed by atoms with Gasteiger partial charge in [0, 0.05) is 19.6 Å². The Balaban J connectivity index is 1.19. The van der Waals surface area contributed by atoms with Crippen LogP contribution in [0.5, 0.6) is 0 Å². The van der Waals surface area contributed by atoms with Crippen molar-refractivity contribution in [2.75, 3.05) is 26.3 Å². The molecule has 282 valence electrons. The van der Waals surface area contributed by atoms with Crippen LogP contribution in [0.25, 0.3) is 11.1 Å². The lowest BCUT2D eigenvalue weighted by molar-refractivity contribution is -0.140. The number of carbonyl (C=O) groups is 3. The SMILES string of the molecule is NCCCC[C@H](NC(=O)[C@@H]1C[C@@H](OCCC2CCCC2)CN1C(=O)[C@@H](CCc1ccccc1)NC(=O)OCC1CC1)C(O)c1nc2ccccc2o1. The lowest BCUT2D eigenvalue weighted by atomic mass is 10.0. The molecule has 2 saturated carbocycles. The number of aromatic nitrogens is 1. The van der Waals surface area contributed by atoms with Crippen LogP contribution in [-0.2, 0) is 25.5 Å². The largest absolute Gasteiger partial charge is 0.449 e. The van der Waals surface area contributed by atoms with E-state index in [1.54, 1.807) is 17.0 Å². The van der Waals surface area contributed by atoms with Crippen LogP contribution < -0.4 is 16.4 Å². The maximum absolute atomic E-state index is 14.5. The Hall–Kier alpha value is -4.00. The van der Waals surface area contributed by atoms with Crippen molar-refractivity contribution in [1.82, 2.24) is 20.5 Å². The number of hydrogen-bond donors (Lipinski definition) is 4. The second kappa shape index (κ2) is 18.7. The molecule has 1 unspecified atom stereocenters. The zero-order chi connectivity index (χ0) is 36.3. The van der Waals surface area contributed by atoms with Gasteiger partial charge in [-0.1, -0.05) is 74.6 Å². The van der Waals surface area contributed by atoms with Gasteiger partial charge in [-0.15, -0.1) is 0 Å². The highest BCUT2D eigenvalue weighted by Gasteiger charge is 2.44. The fourth-order valence-electron chi connectivity index (χ4n) is 7.47. The number of nitrogens with two attached hydrogens (primary N) is 1. The number of rotatable bonds is 19. The molecule has 1 aromatic heterocycles. The standard InChI is InChI=1S/C40H55N5O7/c41-22-9-8-15-32(36(46)38-43-31-14-6-7-16-35(31)52-38)42-37(47)34-24-30(50-23-21-28-12-4-5-13-28)25-45(34)39(48)33(20-19-27-10-2-1-3-11-27)44-40(49)51-26-29-17-18-29/h1-3,6-7,10-11,14,16,28-30,32-34,36,46H,4-5,8-9,12-13,15,17-26,41H2,(H,42,47)(H,44,49)/t30-,32+,33-,34+,36?/m1/s1. The van der Waals surface area contributed by atoms with E-state index in [1.165, 1.54) is 25.7 Å². The minimum Gasteiger partial charge on any atom is -0.449 e.